The van der Waals surface area contributed by atoms with E-state index in [2.05, 4.69) is 34.7 Å². The van der Waals surface area contributed by atoms with Gasteiger partial charge in [-0.3, -0.25) is 4.79 Å². The number of nitrogens with zero attached hydrogens (tertiary/aromatic N) is 1. The predicted octanol–water partition coefficient (Wildman–Crippen LogP) is 6.21. The van der Waals surface area contributed by atoms with Gasteiger partial charge >= 0.3 is 0 Å². The molecule has 0 amide bonds. The van der Waals surface area contributed by atoms with Crippen LogP contribution in [0.2, 0.25) is 5.02 Å². The molecule has 0 spiro atoms. The van der Waals surface area contributed by atoms with Gasteiger partial charge in [-0.25, -0.2) is 4.72 Å². The minimum absolute atomic E-state index is 0.0812. The van der Waals surface area contributed by atoms with Crippen LogP contribution in [0.3, 0.4) is 0 Å². The van der Waals surface area contributed by atoms with Crippen LogP contribution >= 0.6 is 35.1 Å². The Morgan fingerprint density at radius 2 is 2.00 bits per heavy atom. The summed E-state index contributed by atoms with van der Waals surface area (Å²) < 4.78 is 8.35. The predicted molar refractivity (Wildman–Crippen MR) is 122 cm³/mol. The highest BCUT2D eigenvalue weighted by molar-refractivity contribution is 7.98. The van der Waals surface area contributed by atoms with Crippen molar-refractivity contribution in [1.29, 1.82) is 0 Å². The molecule has 2 aromatic heterocycles. The molecule has 0 bridgehead atoms. The Morgan fingerprint density at radius 1 is 1.18 bits per heavy atom. The largest absolute Gasteiger partial charge is 0.317 e. The summed E-state index contributed by atoms with van der Waals surface area (Å²) in [5, 5.41) is 2.84. The summed E-state index contributed by atoms with van der Waals surface area (Å²) in [5.74, 6) is 0. The molecule has 2 N–H and O–H groups in total. The summed E-state index contributed by atoms with van der Waals surface area (Å²) in [6.45, 7) is 4.19. The van der Waals surface area contributed by atoms with E-state index in [1.807, 2.05) is 35.0 Å². The van der Waals surface area contributed by atoms with Gasteiger partial charge in [-0.05, 0) is 73.5 Å². The lowest BCUT2D eigenvalue weighted by Crippen LogP contribution is -2.16. The normalized spacial score (nSPS) is 13.9. The molecule has 2 heterocycles. The van der Waals surface area contributed by atoms with Crippen LogP contribution in [0.25, 0.3) is 21.6 Å². The van der Waals surface area contributed by atoms with Crippen molar-refractivity contribution < 1.29 is 0 Å². The number of rotatable bonds is 7. The Bertz CT molecular complexity index is 1040. The van der Waals surface area contributed by atoms with Crippen molar-refractivity contribution in [3.05, 3.63) is 63.4 Å². The molecule has 0 radical (unpaired) electrons. The fourth-order valence-corrected chi connectivity index (χ4v) is 4.76. The van der Waals surface area contributed by atoms with Crippen molar-refractivity contribution in [2.75, 3.05) is 4.72 Å². The van der Waals surface area contributed by atoms with Crippen molar-refractivity contribution >= 4 is 40.8 Å². The second-order valence-electron chi connectivity index (χ2n) is 7.27. The molecule has 3 aromatic rings. The minimum atomic E-state index is 0.0812. The highest BCUT2D eigenvalue weighted by Crippen LogP contribution is 2.38. The first-order chi connectivity index (χ1) is 13.5. The monoisotopic (exact) mass is 431 g/mol. The first-order valence-electron chi connectivity index (χ1n) is 9.29. The van der Waals surface area contributed by atoms with E-state index in [0.717, 1.165) is 40.1 Å². The molecule has 28 heavy (non-hydrogen) atoms. The number of pyridine rings is 1. The molecule has 4 rings (SSSR count). The fourth-order valence-electron chi connectivity index (χ4n) is 2.93. The molecule has 0 saturated heterocycles. The SMILES string of the molecule is CC(C)NSNc1ccc(-c2cc(-c3ccc(=O)n(C4CC4)c3)cs2)c(Cl)c1. The van der Waals surface area contributed by atoms with E-state index < -0.39 is 0 Å². The molecule has 4 nitrogen and oxygen atoms in total. The second-order valence-corrected chi connectivity index (χ2v) is 9.23. The summed E-state index contributed by atoms with van der Waals surface area (Å²) in [5.41, 5.74) is 4.24. The van der Waals surface area contributed by atoms with Crippen molar-refractivity contribution in [2.45, 2.75) is 38.8 Å². The van der Waals surface area contributed by atoms with E-state index in [9.17, 15) is 4.79 Å². The molecule has 1 aromatic carbocycles. The number of nitrogens with one attached hydrogen (secondary N) is 2. The molecule has 1 aliphatic carbocycles. The van der Waals surface area contributed by atoms with E-state index >= 15 is 0 Å². The standard InChI is InChI=1S/C21H22ClN3OS2/c1-13(2)23-28-24-16-4-7-18(19(22)10-16)20-9-15(12-27-20)14-3-8-21(26)25(11-14)17-5-6-17/h3-4,7-13,17,23-24H,5-6H2,1-2H3. The Balaban J connectivity index is 1.54. The molecule has 1 saturated carbocycles. The number of hydrogen-bond acceptors (Lipinski definition) is 5. The number of hydrogen-bond donors (Lipinski definition) is 2. The average molecular weight is 432 g/mol. The molecular weight excluding hydrogens is 410 g/mol. The molecule has 0 unspecified atom stereocenters. The van der Waals surface area contributed by atoms with Crippen LogP contribution in [-0.4, -0.2) is 10.6 Å². The lowest BCUT2D eigenvalue weighted by molar-refractivity contribution is 0.708. The Kier molecular flexibility index (Phi) is 5.83. The van der Waals surface area contributed by atoms with Gasteiger partial charge in [-0.1, -0.05) is 11.6 Å². The van der Waals surface area contributed by atoms with Crippen LogP contribution in [-0.2, 0) is 0 Å². The molecule has 0 atom stereocenters. The van der Waals surface area contributed by atoms with E-state index in [1.54, 1.807) is 17.4 Å². The lowest BCUT2D eigenvalue weighted by atomic mass is 10.1. The van der Waals surface area contributed by atoms with Gasteiger partial charge in [0.1, 0.15) is 0 Å². The van der Waals surface area contributed by atoms with Gasteiger partial charge in [-0.15, -0.1) is 11.3 Å². The van der Waals surface area contributed by atoms with Crippen molar-refractivity contribution in [3.63, 3.8) is 0 Å². The van der Waals surface area contributed by atoms with Crippen LogP contribution < -0.4 is 15.0 Å². The number of anilines is 1. The number of halogens is 1. The molecule has 1 aliphatic rings. The van der Waals surface area contributed by atoms with Crippen molar-refractivity contribution in [2.24, 2.45) is 0 Å². The molecular formula is C21H22ClN3OS2. The van der Waals surface area contributed by atoms with Crippen LogP contribution in [0.4, 0.5) is 5.69 Å². The zero-order valence-electron chi connectivity index (χ0n) is 15.7. The van der Waals surface area contributed by atoms with E-state index in [-0.39, 0.29) is 5.56 Å². The van der Waals surface area contributed by atoms with Gasteiger partial charge in [0.2, 0.25) is 0 Å². The zero-order valence-corrected chi connectivity index (χ0v) is 18.1. The van der Waals surface area contributed by atoms with E-state index in [1.165, 1.54) is 12.1 Å². The summed E-state index contributed by atoms with van der Waals surface area (Å²) >= 11 is 9.66. The third-order valence-electron chi connectivity index (χ3n) is 4.51. The van der Waals surface area contributed by atoms with Gasteiger partial charge < -0.3 is 9.29 Å². The molecule has 1 fully saturated rings. The number of thiophene rings is 1. The summed E-state index contributed by atoms with van der Waals surface area (Å²) in [7, 11) is 0. The molecule has 7 heteroatoms. The minimum Gasteiger partial charge on any atom is -0.317 e. The highest BCUT2D eigenvalue weighted by Gasteiger charge is 2.24. The maximum absolute atomic E-state index is 12.0. The van der Waals surface area contributed by atoms with Gasteiger partial charge in [-0.2, -0.15) is 0 Å². The maximum atomic E-state index is 12.0. The van der Waals surface area contributed by atoms with Gasteiger partial charge in [0.15, 0.2) is 0 Å². The van der Waals surface area contributed by atoms with Crippen LogP contribution in [0, 0.1) is 0 Å². The summed E-state index contributed by atoms with van der Waals surface area (Å²) in [6.07, 6.45) is 4.18. The van der Waals surface area contributed by atoms with Gasteiger partial charge in [0.25, 0.3) is 5.56 Å². The molecule has 0 aliphatic heterocycles. The summed E-state index contributed by atoms with van der Waals surface area (Å²) in [4.78, 5) is 13.2. The third kappa shape index (κ3) is 4.46. The molecule has 146 valence electrons. The van der Waals surface area contributed by atoms with Crippen molar-refractivity contribution in [3.8, 4) is 21.6 Å². The Labute approximate surface area is 178 Å². The number of aromatic nitrogens is 1. The quantitative estimate of drug-likeness (QED) is 0.437. The van der Waals surface area contributed by atoms with Gasteiger partial charge in [0, 0.05) is 52.6 Å². The van der Waals surface area contributed by atoms with Crippen LogP contribution in [0.5, 0.6) is 0 Å². The lowest BCUT2D eigenvalue weighted by Gasteiger charge is -2.10. The van der Waals surface area contributed by atoms with E-state index in [4.69, 9.17) is 11.6 Å². The fraction of sp³-hybridized carbons (Fsp3) is 0.286. The average Bonchev–Trinajstić information content (AvgIpc) is 3.39. The van der Waals surface area contributed by atoms with Crippen LogP contribution in [0.15, 0.2) is 52.8 Å². The number of benzene rings is 1. The third-order valence-corrected chi connectivity index (χ3v) is 6.71. The van der Waals surface area contributed by atoms with Crippen LogP contribution in [0.1, 0.15) is 32.7 Å². The first kappa shape index (κ1) is 19.6. The van der Waals surface area contributed by atoms with Crippen molar-refractivity contribution in [1.82, 2.24) is 9.29 Å². The van der Waals surface area contributed by atoms with E-state index in [0.29, 0.717) is 17.1 Å². The Hall–Kier alpha value is -1.73. The summed E-state index contributed by atoms with van der Waals surface area (Å²) in [6, 6.07) is 12.5. The Morgan fingerprint density at radius 3 is 2.71 bits per heavy atom. The smallest absolute Gasteiger partial charge is 0.250 e. The zero-order chi connectivity index (χ0) is 19.7. The highest BCUT2D eigenvalue weighted by atomic mass is 35.5. The topological polar surface area (TPSA) is 46.1 Å². The van der Waals surface area contributed by atoms with Gasteiger partial charge in [0.05, 0.1) is 5.02 Å². The first-order valence-corrected chi connectivity index (χ1v) is 11.4. The second kappa shape index (κ2) is 8.33. The maximum Gasteiger partial charge on any atom is 0.250 e.